The zero-order valence-corrected chi connectivity index (χ0v) is 13.6. The molecule has 0 radical (unpaired) electrons. The van der Waals surface area contributed by atoms with Crippen molar-refractivity contribution >= 4 is 11.9 Å². The van der Waals surface area contributed by atoms with Gasteiger partial charge >= 0.3 is 11.9 Å². The topological polar surface area (TPSA) is 83.8 Å². The van der Waals surface area contributed by atoms with E-state index in [1.165, 1.54) is 26.6 Å². The molecule has 1 heterocycles. The second kappa shape index (κ2) is 7.45. The van der Waals surface area contributed by atoms with Crippen LogP contribution in [0.25, 0.3) is 0 Å². The first-order valence-electron chi connectivity index (χ1n) is 7.03. The number of carbonyl (C=O) groups excluding carboxylic acids is 2. The lowest BCUT2D eigenvalue weighted by Gasteiger charge is -2.11. The molecular weight excluding hydrogens is 314 g/mol. The van der Waals surface area contributed by atoms with Crippen LogP contribution in [0.1, 0.15) is 26.3 Å². The Hall–Kier alpha value is -3.09. The Bertz CT molecular complexity index is 767. The molecule has 0 aliphatic heterocycles. The molecule has 0 unspecified atom stereocenters. The molecular formula is C17H17NO6. The van der Waals surface area contributed by atoms with E-state index in [-0.39, 0.29) is 11.1 Å². The van der Waals surface area contributed by atoms with E-state index in [0.717, 1.165) is 5.56 Å². The number of benzene rings is 1. The van der Waals surface area contributed by atoms with E-state index in [9.17, 15) is 14.4 Å². The van der Waals surface area contributed by atoms with E-state index in [1.54, 1.807) is 23.8 Å². The highest BCUT2D eigenvalue weighted by molar-refractivity contribution is 5.94. The van der Waals surface area contributed by atoms with Crippen molar-refractivity contribution in [2.75, 3.05) is 21.3 Å². The van der Waals surface area contributed by atoms with Crippen molar-refractivity contribution in [3.8, 4) is 5.75 Å². The number of nitrogens with zero attached hydrogens (tertiary/aromatic N) is 1. The third-order valence-corrected chi connectivity index (χ3v) is 3.41. The SMILES string of the molecule is COC(=O)c1cn(Cc2ccc(OC)cc2)cc(C(=O)OC)c1=O. The van der Waals surface area contributed by atoms with Crippen molar-refractivity contribution in [1.82, 2.24) is 4.57 Å². The lowest BCUT2D eigenvalue weighted by molar-refractivity contribution is 0.0594. The van der Waals surface area contributed by atoms with Gasteiger partial charge in [0.25, 0.3) is 0 Å². The van der Waals surface area contributed by atoms with Crippen LogP contribution in [-0.2, 0) is 16.0 Å². The lowest BCUT2D eigenvalue weighted by Crippen LogP contribution is -2.26. The van der Waals surface area contributed by atoms with Crippen molar-refractivity contribution < 1.29 is 23.8 Å². The van der Waals surface area contributed by atoms with Gasteiger partial charge in [-0.05, 0) is 17.7 Å². The summed E-state index contributed by atoms with van der Waals surface area (Å²) in [6.45, 7) is 0.345. The van der Waals surface area contributed by atoms with Crippen molar-refractivity contribution in [3.05, 3.63) is 63.6 Å². The zero-order valence-electron chi connectivity index (χ0n) is 13.6. The average molecular weight is 331 g/mol. The third kappa shape index (κ3) is 3.62. The van der Waals surface area contributed by atoms with Crippen LogP contribution in [0, 0.1) is 0 Å². The molecule has 0 saturated heterocycles. The summed E-state index contributed by atoms with van der Waals surface area (Å²) >= 11 is 0. The number of hydrogen-bond donors (Lipinski definition) is 0. The summed E-state index contributed by atoms with van der Waals surface area (Å²) in [6, 6.07) is 7.26. The minimum atomic E-state index is -0.811. The molecule has 0 N–H and O–H groups in total. The van der Waals surface area contributed by atoms with E-state index in [1.807, 2.05) is 12.1 Å². The number of rotatable bonds is 5. The van der Waals surface area contributed by atoms with Gasteiger partial charge in [0.15, 0.2) is 0 Å². The van der Waals surface area contributed by atoms with Gasteiger partial charge in [-0.25, -0.2) is 9.59 Å². The van der Waals surface area contributed by atoms with Gasteiger partial charge in [0.05, 0.1) is 21.3 Å². The summed E-state index contributed by atoms with van der Waals surface area (Å²) in [5.41, 5.74) is -0.284. The van der Waals surface area contributed by atoms with E-state index < -0.39 is 17.4 Å². The first-order valence-corrected chi connectivity index (χ1v) is 7.03. The zero-order chi connectivity index (χ0) is 17.7. The van der Waals surface area contributed by atoms with Crippen LogP contribution in [0.4, 0.5) is 0 Å². The van der Waals surface area contributed by atoms with Crippen molar-refractivity contribution in [2.45, 2.75) is 6.54 Å². The van der Waals surface area contributed by atoms with Crippen LogP contribution >= 0.6 is 0 Å². The normalized spacial score (nSPS) is 10.1. The van der Waals surface area contributed by atoms with Crippen LogP contribution in [0.3, 0.4) is 0 Å². The molecule has 7 nitrogen and oxygen atoms in total. The second-order valence-corrected chi connectivity index (χ2v) is 4.92. The molecule has 0 fully saturated rings. The van der Waals surface area contributed by atoms with Crippen molar-refractivity contribution in [3.63, 3.8) is 0 Å². The van der Waals surface area contributed by atoms with Gasteiger partial charge in [-0.15, -0.1) is 0 Å². The Kier molecular flexibility index (Phi) is 5.36. The monoisotopic (exact) mass is 331 g/mol. The van der Waals surface area contributed by atoms with Gasteiger partial charge in [0, 0.05) is 18.9 Å². The highest BCUT2D eigenvalue weighted by Crippen LogP contribution is 2.13. The Labute approximate surface area is 138 Å². The number of esters is 2. The number of aromatic nitrogens is 1. The molecule has 1 aromatic heterocycles. The van der Waals surface area contributed by atoms with Gasteiger partial charge in [-0.1, -0.05) is 12.1 Å². The first-order chi connectivity index (χ1) is 11.5. The average Bonchev–Trinajstić information content (AvgIpc) is 2.62. The molecule has 0 saturated carbocycles. The van der Waals surface area contributed by atoms with Gasteiger partial charge in [-0.3, -0.25) is 4.79 Å². The van der Waals surface area contributed by atoms with E-state index in [0.29, 0.717) is 12.3 Å². The first kappa shape index (κ1) is 17.3. The third-order valence-electron chi connectivity index (χ3n) is 3.41. The van der Waals surface area contributed by atoms with Crippen molar-refractivity contribution in [2.24, 2.45) is 0 Å². The molecule has 7 heteroatoms. The van der Waals surface area contributed by atoms with Gasteiger partial charge in [0.2, 0.25) is 5.43 Å². The number of methoxy groups -OCH3 is 3. The standard InChI is InChI=1S/C17H17NO6/c1-22-12-6-4-11(5-7-12)8-18-9-13(16(20)23-2)15(19)14(10-18)17(21)24-3/h4-7,9-10H,8H2,1-3H3. The summed E-state index contributed by atoms with van der Waals surface area (Å²) in [5, 5.41) is 0. The number of ether oxygens (including phenoxy) is 3. The molecule has 0 spiro atoms. The highest BCUT2D eigenvalue weighted by atomic mass is 16.5. The maximum Gasteiger partial charge on any atom is 0.343 e. The Morgan fingerprint density at radius 1 is 0.917 bits per heavy atom. The van der Waals surface area contributed by atoms with Gasteiger partial charge in [0.1, 0.15) is 16.9 Å². The fraction of sp³-hybridized carbons (Fsp3) is 0.235. The predicted octanol–water partition coefficient (Wildman–Crippen LogP) is 1.48. The number of carbonyl (C=O) groups is 2. The summed E-state index contributed by atoms with van der Waals surface area (Å²) in [6.07, 6.45) is 2.70. The molecule has 126 valence electrons. The Morgan fingerprint density at radius 3 is 1.83 bits per heavy atom. The molecule has 2 rings (SSSR count). The van der Waals surface area contributed by atoms with Gasteiger partial charge < -0.3 is 18.8 Å². The summed E-state index contributed by atoms with van der Waals surface area (Å²) < 4.78 is 15.9. The Morgan fingerprint density at radius 2 is 1.42 bits per heavy atom. The highest BCUT2D eigenvalue weighted by Gasteiger charge is 2.20. The van der Waals surface area contributed by atoms with Crippen LogP contribution in [0.2, 0.25) is 0 Å². The molecule has 0 bridgehead atoms. The largest absolute Gasteiger partial charge is 0.497 e. The van der Waals surface area contributed by atoms with Crippen LogP contribution < -0.4 is 10.2 Å². The number of hydrogen-bond acceptors (Lipinski definition) is 6. The van der Waals surface area contributed by atoms with Crippen LogP contribution in [0.5, 0.6) is 5.75 Å². The maximum atomic E-state index is 12.2. The second-order valence-electron chi connectivity index (χ2n) is 4.92. The summed E-state index contributed by atoms with van der Waals surface area (Å²) in [5.74, 6) is -0.910. The molecule has 0 atom stereocenters. The molecule has 2 aromatic rings. The fourth-order valence-corrected chi connectivity index (χ4v) is 2.18. The quantitative estimate of drug-likeness (QED) is 0.772. The summed E-state index contributed by atoms with van der Waals surface area (Å²) in [4.78, 5) is 35.8. The minimum absolute atomic E-state index is 0.228. The van der Waals surface area contributed by atoms with E-state index in [2.05, 4.69) is 9.47 Å². The lowest BCUT2D eigenvalue weighted by atomic mass is 10.1. The smallest absolute Gasteiger partial charge is 0.343 e. The number of pyridine rings is 1. The fourth-order valence-electron chi connectivity index (χ4n) is 2.18. The predicted molar refractivity (Wildman–Crippen MR) is 85.5 cm³/mol. The molecule has 0 aliphatic rings. The van der Waals surface area contributed by atoms with Crippen molar-refractivity contribution in [1.29, 1.82) is 0 Å². The van der Waals surface area contributed by atoms with E-state index in [4.69, 9.17) is 4.74 Å². The molecule has 1 aromatic carbocycles. The minimum Gasteiger partial charge on any atom is -0.497 e. The van der Waals surface area contributed by atoms with Crippen LogP contribution in [0.15, 0.2) is 41.5 Å². The summed E-state index contributed by atoms with van der Waals surface area (Å²) in [7, 11) is 3.91. The molecule has 24 heavy (non-hydrogen) atoms. The van der Waals surface area contributed by atoms with Crippen LogP contribution in [-0.4, -0.2) is 37.8 Å². The van der Waals surface area contributed by atoms with Gasteiger partial charge in [-0.2, -0.15) is 0 Å². The maximum absolute atomic E-state index is 12.2. The molecule has 0 aliphatic carbocycles. The van der Waals surface area contributed by atoms with E-state index >= 15 is 0 Å². The molecule has 0 amide bonds. The Balaban J connectivity index is 2.46.